The van der Waals surface area contributed by atoms with Crippen LogP contribution in [0.2, 0.25) is 0 Å². The SMILES string of the molecule is Cc1cc(C(=O)CN(C)CC(=O)NC(C)C)c(C)n1Cc1cccs1. The first kappa shape index (κ1) is 19.4. The van der Waals surface area contributed by atoms with Gasteiger partial charge in [0.25, 0.3) is 0 Å². The van der Waals surface area contributed by atoms with Crippen LogP contribution in [0, 0.1) is 13.8 Å². The average Bonchev–Trinajstić information content (AvgIpc) is 3.09. The molecule has 0 fully saturated rings. The van der Waals surface area contributed by atoms with Gasteiger partial charge in [-0.3, -0.25) is 14.5 Å². The van der Waals surface area contributed by atoms with Gasteiger partial charge in [-0.2, -0.15) is 0 Å². The van der Waals surface area contributed by atoms with Gasteiger partial charge < -0.3 is 9.88 Å². The molecular weight excluding hydrogens is 334 g/mol. The highest BCUT2D eigenvalue weighted by Gasteiger charge is 2.18. The van der Waals surface area contributed by atoms with Crippen molar-refractivity contribution in [2.75, 3.05) is 20.1 Å². The fourth-order valence-corrected chi connectivity index (χ4v) is 3.58. The minimum absolute atomic E-state index is 0.0466. The number of aryl methyl sites for hydroxylation is 1. The van der Waals surface area contributed by atoms with Crippen LogP contribution < -0.4 is 5.32 Å². The maximum atomic E-state index is 12.7. The first-order valence-electron chi connectivity index (χ1n) is 8.48. The summed E-state index contributed by atoms with van der Waals surface area (Å²) in [5, 5.41) is 4.90. The Hall–Kier alpha value is -1.92. The molecule has 1 amide bonds. The molecule has 0 aromatic carbocycles. The minimum atomic E-state index is -0.0616. The van der Waals surface area contributed by atoms with E-state index in [0.29, 0.717) is 0 Å². The molecule has 5 nitrogen and oxygen atoms in total. The van der Waals surface area contributed by atoms with Crippen LogP contribution in [0.1, 0.15) is 40.5 Å². The van der Waals surface area contributed by atoms with Gasteiger partial charge in [-0.25, -0.2) is 0 Å². The standard InChI is InChI=1S/C19H27N3O2S/c1-13(2)20-19(24)12-21(5)11-18(23)17-9-14(3)22(15(17)4)10-16-7-6-8-25-16/h6-9,13H,10-12H2,1-5H3,(H,20,24). The van der Waals surface area contributed by atoms with Crippen molar-refractivity contribution in [3.8, 4) is 0 Å². The Bertz CT molecular complexity index is 732. The van der Waals surface area contributed by atoms with Crippen molar-refractivity contribution in [2.45, 2.75) is 40.3 Å². The predicted molar refractivity (Wildman–Crippen MR) is 102 cm³/mol. The van der Waals surface area contributed by atoms with E-state index in [9.17, 15) is 9.59 Å². The second-order valence-electron chi connectivity index (χ2n) is 6.77. The largest absolute Gasteiger partial charge is 0.353 e. The third kappa shape index (κ3) is 5.28. The number of aromatic nitrogens is 1. The number of carbonyl (C=O) groups excluding carboxylic acids is 2. The van der Waals surface area contributed by atoms with E-state index in [2.05, 4.69) is 21.3 Å². The number of likely N-dealkylation sites (N-methyl/N-ethyl adjacent to an activating group) is 1. The fraction of sp³-hybridized carbons (Fsp3) is 0.474. The van der Waals surface area contributed by atoms with Crippen molar-refractivity contribution in [1.29, 1.82) is 0 Å². The number of hydrogen-bond acceptors (Lipinski definition) is 4. The summed E-state index contributed by atoms with van der Waals surface area (Å²) < 4.78 is 2.17. The molecular formula is C19H27N3O2S. The van der Waals surface area contributed by atoms with Gasteiger partial charge in [-0.1, -0.05) is 6.07 Å². The maximum Gasteiger partial charge on any atom is 0.234 e. The highest BCUT2D eigenvalue weighted by molar-refractivity contribution is 7.09. The van der Waals surface area contributed by atoms with Crippen molar-refractivity contribution in [1.82, 2.24) is 14.8 Å². The molecule has 6 heteroatoms. The number of thiophene rings is 1. The van der Waals surface area contributed by atoms with E-state index in [1.165, 1.54) is 4.88 Å². The first-order valence-corrected chi connectivity index (χ1v) is 9.36. The summed E-state index contributed by atoms with van der Waals surface area (Å²) >= 11 is 1.72. The number of nitrogens with zero attached hydrogens (tertiary/aromatic N) is 2. The molecule has 0 radical (unpaired) electrons. The fourth-order valence-electron chi connectivity index (χ4n) is 2.88. The molecule has 2 aromatic rings. The van der Waals surface area contributed by atoms with Crippen molar-refractivity contribution in [2.24, 2.45) is 0 Å². The van der Waals surface area contributed by atoms with Crippen LogP contribution in [0.15, 0.2) is 23.6 Å². The van der Waals surface area contributed by atoms with Crippen LogP contribution >= 0.6 is 11.3 Å². The Kier molecular flexibility index (Phi) is 6.56. The molecule has 0 bridgehead atoms. The lowest BCUT2D eigenvalue weighted by atomic mass is 10.1. The second kappa shape index (κ2) is 8.45. The molecule has 25 heavy (non-hydrogen) atoms. The lowest BCUT2D eigenvalue weighted by molar-refractivity contribution is -0.122. The molecule has 0 spiro atoms. The molecule has 0 aliphatic heterocycles. The molecule has 0 atom stereocenters. The van der Waals surface area contributed by atoms with E-state index in [-0.39, 0.29) is 30.8 Å². The smallest absolute Gasteiger partial charge is 0.234 e. The van der Waals surface area contributed by atoms with Gasteiger partial charge in [0.2, 0.25) is 5.91 Å². The quantitative estimate of drug-likeness (QED) is 0.736. The minimum Gasteiger partial charge on any atom is -0.353 e. The Morgan fingerprint density at radius 1 is 1.28 bits per heavy atom. The van der Waals surface area contributed by atoms with Gasteiger partial charge in [0.05, 0.1) is 19.6 Å². The van der Waals surface area contributed by atoms with E-state index in [1.807, 2.05) is 39.8 Å². The van der Waals surface area contributed by atoms with Crippen LogP contribution in [0.3, 0.4) is 0 Å². The molecule has 2 heterocycles. The van der Waals surface area contributed by atoms with Gasteiger partial charge in [-0.15, -0.1) is 11.3 Å². The summed E-state index contributed by atoms with van der Waals surface area (Å²) in [6, 6.07) is 6.20. The number of rotatable bonds is 8. The highest BCUT2D eigenvalue weighted by atomic mass is 32.1. The van der Waals surface area contributed by atoms with Crippen LogP contribution in [-0.2, 0) is 11.3 Å². The number of ketones is 1. The van der Waals surface area contributed by atoms with Crippen molar-refractivity contribution in [3.05, 3.63) is 45.4 Å². The monoisotopic (exact) mass is 361 g/mol. The maximum absolute atomic E-state index is 12.7. The summed E-state index contributed by atoms with van der Waals surface area (Å²) in [4.78, 5) is 27.5. The van der Waals surface area contributed by atoms with Gasteiger partial charge >= 0.3 is 0 Å². The van der Waals surface area contributed by atoms with Crippen LogP contribution in [0.25, 0.3) is 0 Å². The number of carbonyl (C=O) groups is 2. The third-order valence-electron chi connectivity index (χ3n) is 4.04. The normalized spacial score (nSPS) is 11.3. The van der Waals surface area contributed by atoms with Gasteiger partial charge in [0, 0.05) is 27.9 Å². The molecule has 0 saturated carbocycles. The molecule has 0 saturated heterocycles. The van der Waals surface area contributed by atoms with E-state index in [1.54, 1.807) is 23.3 Å². The molecule has 0 unspecified atom stereocenters. The van der Waals surface area contributed by atoms with E-state index in [4.69, 9.17) is 0 Å². The zero-order valence-electron chi connectivity index (χ0n) is 15.6. The molecule has 2 rings (SSSR count). The molecule has 1 N–H and O–H groups in total. The predicted octanol–water partition coefficient (Wildman–Crippen LogP) is 2.85. The van der Waals surface area contributed by atoms with Crippen LogP contribution in [0.5, 0.6) is 0 Å². The van der Waals surface area contributed by atoms with Crippen LogP contribution in [-0.4, -0.2) is 47.3 Å². The summed E-state index contributed by atoms with van der Waals surface area (Å²) in [6.07, 6.45) is 0. The molecule has 0 aliphatic rings. The number of nitrogens with one attached hydrogen (secondary N) is 1. The first-order chi connectivity index (χ1) is 11.8. The second-order valence-corrected chi connectivity index (χ2v) is 7.80. The Balaban J connectivity index is 2.03. The van der Waals surface area contributed by atoms with E-state index < -0.39 is 0 Å². The van der Waals surface area contributed by atoms with Crippen molar-refractivity contribution < 1.29 is 9.59 Å². The molecule has 0 aliphatic carbocycles. The van der Waals surface area contributed by atoms with Crippen molar-refractivity contribution >= 4 is 23.0 Å². The average molecular weight is 362 g/mol. The summed E-state index contributed by atoms with van der Waals surface area (Å²) in [6.45, 7) is 9.09. The molecule has 2 aromatic heterocycles. The zero-order valence-corrected chi connectivity index (χ0v) is 16.4. The van der Waals surface area contributed by atoms with Gasteiger partial charge in [0.15, 0.2) is 5.78 Å². The Morgan fingerprint density at radius 3 is 2.60 bits per heavy atom. The van der Waals surface area contributed by atoms with E-state index >= 15 is 0 Å². The lowest BCUT2D eigenvalue weighted by Gasteiger charge is -2.16. The third-order valence-corrected chi connectivity index (χ3v) is 4.91. The highest BCUT2D eigenvalue weighted by Crippen LogP contribution is 2.19. The van der Waals surface area contributed by atoms with Crippen molar-refractivity contribution in [3.63, 3.8) is 0 Å². The topological polar surface area (TPSA) is 54.3 Å². The van der Waals surface area contributed by atoms with E-state index in [0.717, 1.165) is 23.5 Å². The Morgan fingerprint density at radius 2 is 2.00 bits per heavy atom. The number of Topliss-reactive ketones (excluding diaryl/α,β-unsaturated/α-hetero) is 1. The summed E-state index contributed by atoms with van der Waals surface area (Å²) in [7, 11) is 1.79. The Labute approximate surface area is 153 Å². The van der Waals surface area contributed by atoms with Crippen LogP contribution in [0.4, 0.5) is 0 Å². The molecule has 136 valence electrons. The summed E-state index contributed by atoms with van der Waals surface area (Å²) in [5.41, 5.74) is 2.80. The lowest BCUT2D eigenvalue weighted by Crippen LogP contribution is -2.40. The van der Waals surface area contributed by atoms with Gasteiger partial charge in [0.1, 0.15) is 0 Å². The number of amides is 1. The zero-order chi connectivity index (χ0) is 18.6. The number of hydrogen-bond donors (Lipinski definition) is 1. The summed E-state index contributed by atoms with van der Waals surface area (Å²) in [5.74, 6) is -0.0150. The van der Waals surface area contributed by atoms with Gasteiger partial charge in [-0.05, 0) is 52.3 Å².